The molecule has 2 heterocycles. The minimum Gasteiger partial charge on any atom is -0.306 e. The molecule has 0 bridgehead atoms. The maximum atomic E-state index is 12.2. The van der Waals surface area contributed by atoms with E-state index in [1.54, 1.807) is 24.3 Å². The van der Waals surface area contributed by atoms with Gasteiger partial charge >= 0.3 is 0 Å². The lowest BCUT2D eigenvalue weighted by molar-refractivity contribution is -0.118. The topological polar surface area (TPSA) is 100 Å². The summed E-state index contributed by atoms with van der Waals surface area (Å²) < 4.78 is 24.9. The van der Waals surface area contributed by atoms with Gasteiger partial charge in [-0.15, -0.1) is 11.3 Å². The van der Waals surface area contributed by atoms with Crippen LogP contribution in [0.15, 0.2) is 29.6 Å². The molecule has 0 spiro atoms. The van der Waals surface area contributed by atoms with Gasteiger partial charge in [0.2, 0.25) is 15.9 Å². The Morgan fingerprint density at radius 1 is 1.28 bits per heavy atom. The molecule has 25 heavy (non-hydrogen) atoms. The van der Waals surface area contributed by atoms with Gasteiger partial charge in [-0.2, -0.15) is 0 Å². The number of nitrogens with one attached hydrogen (secondary N) is 3. The van der Waals surface area contributed by atoms with Crippen LogP contribution in [0.5, 0.6) is 0 Å². The number of aromatic nitrogens is 1. The number of sulfonamides is 1. The van der Waals surface area contributed by atoms with Crippen LogP contribution in [0.25, 0.3) is 11.3 Å². The van der Waals surface area contributed by atoms with Gasteiger partial charge in [-0.25, -0.2) is 13.4 Å². The Morgan fingerprint density at radius 2 is 2.04 bits per heavy atom. The van der Waals surface area contributed by atoms with E-state index in [0.717, 1.165) is 43.3 Å². The van der Waals surface area contributed by atoms with Crippen LogP contribution in [0.1, 0.15) is 19.3 Å². The Balaban J connectivity index is 1.65. The van der Waals surface area contributed by atoms with Crippen molar-refractivity contribution in [3.63, 3.8) is 0 Å². The van der Waals surface area contributed by atoms with E-state index >= 15 is 0 Å². The fourth-order valence-corrected chi connectivity index (χ4v) is 3.94. The third-order valence-electron chi connectivity index (χ3n) is 3.85. The molecule has 1 unspecified atom stereocenters. The van der Waals surface area contributed by atoms with Crippen molar-refractivity contribution < 1.29 is 13.2 Å². The second kappa shape index (κ2) is 7.51. The average molecular weight is 380 g/mol. The fourth-order valence-electron chi connectivity index (χ4n) is 2.65. The maximum absolute atomic E-state index is 12.2. The van der Waals surface area contributed by atoms with Gasteiger partial charge in [0.1, 0.15) is 0 Å². The number of nitrogens with zero attached hydrogens (tertiary/aromatic N) is 1. The van der Waals surface area contributed by atoms with Gasteiger partial charge in [-0.1, -0.05) is 18.6 Å². The Hall–Kier alpha value is -1.97. The van der Waals surface area contributed by atoms with Crippen molar-refractivity contribution >= 4 is 38.1 Å². The summed E-state index contributed by atoms with van der Waals surface area (Å²) >= 11 is 1.37. The van der Waals surface area contributed by atoms with E-state index in [1.165, 1.54) is 11.3 Å². The van der Waals surface area contributed by atoms with Crippen LogP contribution in [0.2, 0.25) is 0 Å². The van der Waals surface area contributed by atoms with E-state index in [0.29, 0.717) is 10.8 Å². The van der Waals surface area contributed by atoms with E-state index in [-0.39, 0.29) is 11.9 Å². The third kappa shape index (κ3) is 5.00. The highest BCUT2D eigenvalue weighted by molar-refractivity contribution is 7.92. The van der Waals surface area contributed by atoms with Crippen LogP contribution in [-0.2, 0) is 14.8 Å². The van der Waals surface area contributed by atoms with Crippen molar-refractivity contribution in [3.05, 3.63) is 29.6 Å². The zero-order valence-electron chi connectivity index (χ0n) is 13.8. The van der Waals surface area contributed by atoms with Crippen LogP contribution in [0.3, 0.4) is 0 Å². The Labute approximate surface area is 150 Å². The predicted octanol–water partition coefficient (Wildman–Crippen LogP) is 2.26. The molecule has 9 heteroatoms. The predicted molar refractivity (Wildman–Crippen MR) is 100 cm³/mol. The summed E-state index contributed by atoms with van der Waals surface area (Å²) in [6.07, 6.45) is 4.12. The van der Waals surface area contributed by atoms with Crippen molar-refractivity contribution in [2.24, 2.45) is 0 Å². The lowest BCUT2D eigenvalue weighted by atomic mass is 10.0. The number of carbonyl (C=O) groups excluding carboxylic acids is 1. The molecule has 1 aromatic heterocycles. The van der Waals surface area contributed by atoms with Crippen molar-refractivity contribution in [2.45, 2.75) is 25.3 Å². The maximum Gasteiger partial charge on any atom is 0.243 e. The molecule has 7 nitrogen and oxygen atoms in total. The summed E-state index contributed by atoms with van der Waals surface area (Å²) in [4.78, 5) is 16.7. The lowest BCUT2D eigenvalue weighted by Crippen LogP contribution is -2.43. The molecule has 2 aromatic rings. The second-order valence-corrected chi connectivity index (χ2v) is 8.59. The normalized spacial score (nSPS) is 17.9. The van der Waals surface area contributed by atoms with Crippen LogP contribution < -0.4 is 15.4 Å². The number of hydrogen-bond donors (Lipinski definition) is 3. The molecule has 1 aromatic carbocycles. The standard InChI is InChI=1S/C16H20N4O3S2/c1-25(22,23)20-12-7-5-11(6-8-12)14-10-24-16(18-14)19-15(21)13-4-2-3-9-17-13/h5-8,10,13,17,20H,2-4,9H2,1H3,(H,18,19,21). The summed E-state index contributed by atoms with van der Waals surface area (Å²) in [7, 11) is -3.29. The third-order valence-corrected chi connectivity index (χ3v) is 5.21. The van der Waals surface area contributed by atoms with Crippen molar-refractivity contribution in [3.8, 4) is 11.3 Å². The van der Waals surface area contributed by atoms with E-state index in [9.17, 15) is 13.2 Å². The molecule has 1 atom stereocenters. The number of anilines is 2. The molecule has 3 N–H and O–H groups in total. The summed E-state index contributed by atoms with van der Waals surface area (Å²) in [5.74, 6) is -0.0479. The molecule has 1 aliphatic rings. The summed E-state index contributed by atoms with van der Waals surface area (Å²) in [6, 6.07) is 6.79. The monoisotopic (exact) mass is 380 g/mol. The van der Waals surface area contributed by atoms with Gasteiger partial charge in [-0.05, 0) is 31.5 Å². The first-order chi connectivity index (χ1) is 11.9. The largest absolute Gasteiger partial charge is 0.306 e. The van der Waals surface area contributed by atoms with Gasteiger partial charge in [0.25, 0.3) is 0 Å². The molecule has 0 aliphatic carbocycles. The van der Waals surface area contributed by atoms with Crippen LogP contribution >= 0.6 is 11.3 Å². The number of piperidine rings is 1. The highest BCUT2D eigenvalue weighted by Crippen LogP contribution is 2.26. The van der Waals surface area contributed by atoms with Crippen molar-refractivity contribution in [2.75, 3.05) is 22.8 Å². The number of thiazole rings is 1. The Kier molecular flexibility index (Phi) is 5.36. The van der Waals surface area contributed by atoms with Gasteiger partial charge in [0.05, 0.1) is 18.0 Å². The number of carbonyl (C=O) groups is 1. The number of rotatable bonds is 5. The minimum atomic E-state index is -3.29. The summed E-state index contributed by atoms with van der Waals surface area (Å²) in [5.41, 5.74) is 2.09. The molecular formula is C16H20N4O3S2. The second-order valence-electron chi connectivity index (χ2n) is 5.98. The molecule has 1 amide bonds. The van der Waals surface area contributed by atoms with Gasteiger partial charge < -0.3 is 10.6 Å². The first-order valence-electron chi connectivity index (χ1n) is 7.99. The van der Waals surface area contributed by atoms with Crippen LogP contribution in [-0.4, -0.2) is 38.2 Å². The van der Waals surface area contributed by atoms with E-state index in [4.69, 9.17) is 0 Å². The average Bonchev–Trinajstić information content (AvgIpc) is 3.03. The van der Waals surface area contributed by atoms with Crippen molar-refractivity contribution in [1.82, 2.24) is 10.3 Å². The molecule has 3 rings (SSSR count). The summed E-state index contributed by atoms with van der Waals surface area (Å²) in [6.45, 7) is 0.870. The summed E-state index contributed by atoms with van der Waals surface area (Å²) in [5, 5.41) is 8.49. The van der Waals surface area contributed by atoms with Crippen LogP contribution in [0.4, 0.5) is 10.8 Å². The zero-order valence-corrected chi connectivity index (χ0v) is 15.4. The first-order valence-corrected chi connectivity index (χ1v) is 10.8. The van der Waals surface area contributed by atoms with Gasteiger partial charge in [-0.3, -0.25) is 9.52 Å². The zero-order chi connectivity index (χ0) is 17.9. The number of hydrogen-bond acceptors (Lipinski definition) is 6. The highest BCUT2D eigenvalue weighted by Gasteiger charge is 2.21. The molecule has 0 saturated carbocycles. The number of amides is 1. The molecule has 1 aliphatic heterocycles. The molecular weight excluding hydrogens is 360 g/mol. The van der Waals surface area contributed by atoms with E-state index in [2.05, 4.69) is 20.3 Å². The SMILES string of the molecule is CS(=O)(=O)Nc1ccc(-c2csc(NC(=O)C3CCCCN3)n2)cc1. The highest BCUT2D eigenvalue weighted by atomic mass is 32.2. The van der Waals surface area contributed by atoms with E-state index < -0.39 is 10.0 Å². The number of benzene rings is 1. The molecule has 1 fully saturated rings. The van der Waals surface area contributed by atoms with Gasteiger partial charge in [0, 0.05) is 16.6 Å². The molecule has 134 valence electrons. The quantitative estimate of drug-likeness (QED) is 0.739. The lowest BCUT2D eigenvalue weighted by Gasteiger charge is -2.21. The molecule has 0 radical (unpaired) electrons. The fraction of sp³-hybridized carbons (Fsp3) is 0.375. The van der Waals surface area contributed by atoms with E-state index in [1.807, 2.05) is 5.38 Å². The minimum absolute atomic E-state index is 0.0479. The van der Waals surface area contributed by atoms with Gasteiger partial charge in [0.15, 0.2) is 5.13 Å². The van der Waals surface area contributed by atoms with Crippen LogP contribution in [0, 0.1) is 0 Å². The van der Waals surface area contributed by atoms with Crippen molar-refractivity contribution in [1.29, 1.82) is 0 Å². The first kappa shape index (κ1) is 17.8. The Morgan fingerprint density at radius 3 is 2.68 bits per heavy atom. The Bertz CT molecular complexity index is 841. The smallest absolute Gasteiger partial charge is 0.243 e. The molecule has 1 saturated heterocycles.